The molecule has 5 rings (SSSR count). The van der Waals surface area contributed by atoms with Gasteiger partial charge < -0.3 is 5.32 Å². The van der Waals surface area contributed by atoms with E-state index in [9.17, 15) is 17.6 Å². The van der Waals surface area contributed by atoms with E-state index in [4.69, 9.17) is 11.6 Å². The summed E-state index contributed by atoms with van der Waals surface area (Å²) in [6, 6.07) is 17.2. The maximum absolute atomic E-state index is 12.7. The van der Waals surface area contributed by atoms with Crippen molar-refractivity contribution in [2.24, 2.45) is 52.8 Å². The zero-order chi connectivity index (χ0) is 52.6. The normalized spacial score (nSPS) is 13.4. The minimum absolute atomic E-state index is 0.155. The molecule has 68 heavy (non-hydrogen) atoms. The number of nitrogens with one attached hydrogen (secondary N) is 1. The lowest BCUT2D eigenvalue weighted by Crippen LogP contribution is -2.39. The van der Waals surface area contributed by atoms with E-state index in [1.54, 1.807) is 18.2 Å². The monoisotopic (exact) mass is 976 g/mol. The Balaban J connectivity index is 0. The van der Waals surface area contributed by atoms with Gasteiger partial charge in [0.1, 0.15) is 11.6 Å². The van der Waals surface area contributed by atoms with Gasteiger partial charge in [0.15, 0.2) is 11.6 Å². The van der Waals surface area contributed by atoms with Crippen LogP contribution in [-0.2, 0) is 19.3 Å². The van der Waals surface area contributed by atoms with E-state index in [1.165, 1.54) is 107 Å². The first-order valence-corrected chi connectivity index (χ1v) is 27.2. The lowest BCUT2D eigenvalue weighted by Gasteiger charge is -2.28. The van der Waals surface area contributed by atoms with Crippen LogP contribution >= 0.6 is 11.6 Å². The molecule has 0 heterocycles. The summed E-state index contributed by atoms with van der Waals surface area (Å²) in [6.07, 6.45) is 18.5. The molecular weight excluding hydrogens is 870 g/mol. The van der Waals surface area contributed by atoms with Gasteiger partial charge in [-0.2, -0.15) is 0 Å². The van der Waals surface area contributed by atoms with Crippen molar-refractivity contribution in [2.45, 2.75) is 234 Å². The summed E-state index contributed by atoms with van der Waals surface area (Å²) >= 11 is 5.62. The fourth-order valence-electron chi connectivity index (χ4n) is 6.78. The van der Waals surface area contributed by atoms with Gasteiger partial charge in [0.05, 0.1) is 5.02 Å². The second-order valence-electron chi connectivity index (χ2n) is 24.1. The van der Waals surface area contributed by atoms with E-state index in [0.717, 1.165) is 66.0 Å². The smallest absolute Gasteiger partial charge is 0.159 e. The third kappa shape index (κ3) is 44.8. The van der Waals surface area contributed by atoms with Crippen LogP contribution in [0.1, 0.15) is 219 Å². The number of halogens is 5. The standard InChI is InChI=1S/C10H12ClF.C10H12F2.C10H13F.C9H20.C8H16.C8H18.C7H15N/c1-7(2)5-8-3-4-10(12)9(11)6-8;1-7(2)5-8-3-4-9(11)10(12)6-8;1-8(2)7-9-3-5-10(11)6-4-9;1-8(2)6-7-9(3,4)5;1-7(2)3-4-8-5-6-8;1-7(2)5-6-8(3)4;1-6(2)8-7-4-3-5-7/h2*3-4,6-7H,5H2,1-2H3;3-6,8H,7H2,1-2H3;8H,6-7H2,1-5H3;7-8H,3-6H2,1-2H3;7-8H,5-6H2,1-4H3;6-8H,3-5H2,1-2H3. The van der Waals surface area contributed by atoms with Gasteiger partial charge in [-0.15, -0.1) is 0 Å². The van der Waals surface area contributed by atoms with Crippen LogP contribution in [0.2, 0.25) is 5.02 Å². The van der Waals surface area contributed by atoms with Gasteiger partial charge >= 0.3 is 0 Å². The number of hydrogen-bond acceptors (Lipinski definition) is 1. The molecule has 394 valence electrons. The molecule has 0 spiro atoms. The number of rotatable bonds is 16. The Labute approximate surface area is 424 Å². The SMILES string of the molecule is CC(C)CCC(C)(C)C.CC(C)CCC(C)C.CC(C)CCC1CC1.CC(C)Cc1ccc(F)c(Cl)c1.CC(C)Cc1ccc(F)c(F)c1.CC(C)Cc1ccc(F)cc1.CC(C)NC1CCC1. The summed E-state index contributed by atoms with van der Waals surface area (Å²) in [5.41, 5.74) is 3.69. The van der Waals surface area contributed by atoms with E-state index < -0.39 is 11.6 Å². The molecule has 0 aromatic heterocycles. The number of benzene rings is 3. The van der Waals surface area contributed by atoms with Gasteiger partial charge in [-0.3, -0.25) is 0 Å². The summed E-state index contributed by atoms with van der Waals surface area (Å²) in [7, 11) is 0. The van der Waals surface area contributed by atoms with Crippen molar-refractivity contribution in [1.82, 2.24) is 5.32 Å². The highest BCUT2D eigenvalue weighted by atomic mass is 35.5. The second kappa shape index (κ2) is 38.3. The predicted molar refractivity (Wildman–Crippen MR) is 295 cm³/mol. The van der Waals surface area contributed by atoms with Crippen LogP contribution in [0.15, 0.2) is 60.7 Å². The average Bonchev–Trinajstić information content (AvgIpc) is 4.03. The fraction of sp³-hybridized carbons (Fsp3) is 0.710. The molecule has 6 heteroatoms. The Hall–Kier alpha value is -2.37. The van der Waals surface area contributed by atoms with Gasteiger partial charge in [-0.1, -0.05) is 219 Å². The van der Waals surface area contributed by atoms with Crippen molar-refractivity contribution >= 4 is 11.6 Å². The topological polar surface area (TPSA) is 12.0 Å². The molecule has 3 aromatic carbocycles. The highest BCUT2D eigenvalue weighted by Crippen LogP contribution is 2.34. The van der Waals surface area contributed by atoms with E-state index in [-0.39, 0.29) is 16.7 Å². The van der Waals surface area contributed by atoms with Crippen molar-refractivity contribution in [1.29, 1.82) is 0 Å². The van der Waals surface area contributed by atoms with Crippen molar-refractivity contribution in [2.75, 3.05) is 0 Å². The Morgan fingerprint density at radius 1 is 0.485 bits per heavy atom. The van der Waals surface area contributed by atoms with Crippen LogP contribution in [0.5, 0.6) is 0 Å². The quantitative estimate of drug-likeness (QED) is 0.141. The largest absolute Gasteiger partial charge is 0.312 e. The molecule has 3 aromatic rings. The first-order valence-electron chi connectivity index (χ1n) is 26.9. The maximum atomic E-state index is 12.7. The van der Waals surface area contributed by atoms with Crippen LogP contribution in [0.25, 0.3) is 0 Å². The highest BCUT2D eigenvalue weighted by Gasteiger charge is 2.20. The maximum Gasteiger partial charge on any atom is 0.159 e. The third-order valence-electron chi connectivity index (χ3n) is 11.1. The minimum Gasteiger partial charge on any atom is -0.312 e. The predicted octanol–water partition coefficient (Wildman–Crippen LogP) is 20.8. The number of hydrogen-bond donors (Lipinski definition) is 1. The Morgan fingerprint density at radius 2 is 0.897 bits per heavy atom. The van der Waals surface area contributed by atoms with Crippen LogP contribution in [0, 0.1) is 76.0 Å². The third-order valence-corrected chi connectivity index (χ3v) is 11.4. The fourth-order valence-corrected chi connectivity index (χ4v) is 6.98. The first-order chi connectivity index (χ1) is 31.5. The van der Waals surface area contributed by atoms with E-state index >= 15 is 0 Å². The van der Waals surface area contributed by atoms with E-state index in [1.807, 2.05) is 26.0 Å². The molecule has 0 saturated heterocycles. The lowest BCUT2D eigenvalue weighted by molar-refractivity contribution is 0.318. The van der Waals surface area contributed by atoms with E-state index in [0.29, 0.717) is 29.2 Å². The molecule has 2 fully saturated rings. The summed E-state index contributed by atoms with van der Waals surface area (Å²) < 4.78 is 50.2. The molecule has 0 aliphatic heterocycles. The molecule has 0 radical (unpaired) electrons. The molecule has 2 aliphatic rings. The van der Waals surface area contributed by atoms with Gasteiger partial charge in [0, 0.05) is 12.1 Å². The van der Waals surface area contributed by atoms with Gasteiger partial charge in [-0.05, 0) is 144 Å². The Bertz CT molecular complexity index is 1550. The van der Waals surface area contributed by atoms with E-state index in [2.05, 4.69) is 123 Å². The Morgan fingerprint density at radius 3 is 1.21 bits per heavy atom. The van der Waals surface area contributed by atoms with Gasteiger partial charge in [0.2, 0.25) is 0 Å². The molecule has 1 nitrogen and oxygen atoms in total. The van der Waals surface area contributed by atoms with Crippen LogP contribution in [0.4, 0.5) is 17.6 Å². The highest BCUT2D eigenvalue weighted by molar-refractivity contribution is 6.30. The summed E-state index contributed by atoms with van der Waals surface area (Å²) in [5, 5.41) is 3.70. The van der Waals surface area contributed by atoms with Crippen LogP contribution < -0.4 is 5.32 Å². The molecule has 0 atom stereocenters. The molecule has 2 aliphatic carbocycles. The summed E-state index contributed by atoms with van der Waals surface area (Å²) in [5.74, 6) is 4.35. The first kappa shape index (κ1) is 67.7. The average molecular weight is 977 g/mol. The van der Waals surface area contributed by atoms with Crippen molar-refractivity contribution in [3.63, 3.8) is 0 Å². The molecule has 2 saturated carbocycles. The molecular formula is C62H106ClF4N. The second-order valence-corrected chi connectivity index (χ2v) is 24.5. The zero-order valence-corrected chi connectivity index (χ0v) is 48.1. The zero-order valence-electron chi connectivity index (χ0n) is 47.3. The lowest BCUT2D eigenvalue weighted by atomic mass is 9.88. The minimum atomic E-state index is -0.775. The molecule has 0 unspecified atom stereocenters. The molecule has 0 bridgehead atoms. The molecule has 1 N–H and O–H groups in total. The van der Waals surface area contributed by atoms with Crippen molar-refractivity contribution in [3.8, 4) is 0 Å². The van der Waals surface area contributed by atoms with Crippen molar-refractivity contribution < 1.29 is 17.6 Å². The molecule has 0 amide bonds. The Kier molecular flexibility index (Phi) is 38.2. The van der Waals surface area contributed by atoms with Gasteiger partial charge in [-0.25, -0.2) is 17.6 Å². The van der Waals surface area contributed by atoms with Gasteiger partial charge in [0.25, 0.3) is 0 Å². The summed E-state index contributed by atoms with van der Waals surface area (Å²) in [4.78, 5) is 0. The summed E-state index contributed by atoms with van der Waals surface area (Å²) in [6.45, 7) is 42.3. The van der Waals surface area contributed by atoms with Crippen LogP contribution in [0.3, 0.4) is 0 Å². The van der Waals surface area contributed by atoms with Crippen LogP contribution in [-0.4, -0.2) is 12.1 Å². The van der Waals surface area contributed by atoms with Crippen molar-refractivity contribution in [3.05, 3.63) is 106 Å².